The first-order chi connectivity index (χ1) is 18.0. The first-order valence-corrected chi connectivity index (χ1v) is 13.8. The lowest BCUT2D eigenvalue weighted by Crippen LogP contribution is -2.35. The Labute approximate surface area is 220 Å². The highest BCUT2D eigenvalue weighted by atomic mass is 32.2. The summed E-state index contributed by atoms with van der Waals surface area (Å²) < 4.78 is 39.8. The molecule has 10 nitrogen and oxygen atoms in total. The largest absolute Gasteiger partial charge is 0.380 e. The number of hydrogen-bond donors (Lipinski definition) is 3. The number of carbonyl (C=O) groups excluding carboxylic acids is 2. The average molecular weight is 541 g/mol. The monoisotopic (exact) mass is 540 g/mol. The van der Waals surface area contributed by atoms with Crippen molar-refractivity contribution in [3.63, 3.8) is 0 Å². The summed E-state index contributed by atoms with van der Waals surface area (Å²) in [6.07, 6.45) is 4.75. The molecule has 1 aliphatic heterocycles. The number of nitrogens with two attached hydrogens (primary N) is 1. The maximum Gasteiger partial charge on any atom is 0.252 e. The van der Waals surface area contributed by atoms with Crippen LogP contribution in [0.2, 0.25) is 0 Å². The predicted molar refractivity (Wildman–Crippen MR) is 146 cm³/mol. The maximum absolute atomic E-state index is 14.7. The molecule has 12 heteroatoms. The lowest BCUT2D eigenvalue weighted by molar-refractivity contribution is -0.119. The van der Waals surface area contributed by atoms with Gasteiger partial charge in [-0.1, -0.05) is 6.07 Å². The maximum atomic E-state index is 14.7. The SMILES string of the molecule is CN(c1cccc(F)c1CNc1cc(Nc2ccc(N3CCCCC3=O)cc2)ncc1C(N)=O)S(C)(=O)=O. The zero-order valence-corrected chi connectivity index (χ0v) is 21.9. The van der Waals surface area contributed by atoms with Crippen LogP contribution < -0.4 is 25.6 Å². The number of halogens is 1. The van der Waals surface area contributed by atoms with Crippen LogP contribution in [-0.4, -0.2) is 45.1 Å². The van der Waals surface area contributed by atoms with Crippen LogP contribution in [-0.2, 0) is 21.4 Å². The van der Waals surface area contributed by atoms with Crippen molar-refractivity contribution in [3.8, 4) is 0 Å². The fourth-order valence-electron chi connectivity index (χ4n) is 4.20. The summed E-state index contributed by atoms with van der Waals surface area (Å²) in [6, 6.07) is 13.0. The van der Waals surface area contributed by atoms with Crippen molar-refractivity contribution < 1.29 is 22.4 Å². The summed E-state index contributed by atoms with van der Waals surface area (Å²) in [6.45, 7) is 0.574. The molecule has 0 radical (unpaired) electrons. The molecular formula is C26H29FN6O4S. The number of benzene rings is 2. The molecule has 4 rings (SSSR count). The molecule has 38 heavy (non-hydrogen) atoms. The number of piperidine rings is 1. The van der Waals surface area contributed by atoms with E-state index in [1.165, 1.54) is 31.4 Å². The zero-order valence-electron chi connectivity index (χ0n) is 21.1. The molecule has 200 valence electrons. The molecule has 4 N–H and O–H groups in total. The van der Waals surface area contributed by atoms with E-state index in [0.29, 0.717) is 30.2 Å². The van der Waals surface area contributed by atoms with Gasteiger partial charge in [-0.15, -0.1) is 0 Å². The normalized spacial score (nSPS) is 13.8. The molecule has 0 bridgehead atoms. The Balaban J connectivity index is 1.55. The number of sulfonamides is 1. The third-order valence-corrected chi connectivity index (χ3v) is 7.52. The van der Waals surface area contributed by atoms with E-state index in [1.54, 1.807) is 11.0 Å². The van der Waals surface area contributed by atoms with Crippen molar-refractivity contribution in [2.24, 2.45) is 5.73 Å². The highest BCUT2D eigenvalue weighted by Crippen LogP contribution is 2.28. The Morgan fingerprint density at radius 3 is 2.58 bits per heavy atom. The smallest absolute Gasteiger partial charge is 0.252 e. The second kappa shape index (κ2) is 11.1. The van der Waals surface area contributed by atoms with Gasteiger partial charge in [0.1, 0.15) is 11.6 Å². The minimum Gasteiger partial charge on any atom is -0.380 e. The van der Waals surface area contributed by atoms with Crippen LogP contribution in [0.25, 0.3) is 0 Å². The van der Waals surface area contributed by atoms with Gasteiger partial charge in [0.15, 0.2) is 0 Å². The van der Waals surface area contributed by atoms with E-state index in [-0.39, 0.29) is 29.3 Å². The predicted octanol–water partition coefficient (Wildman–Crippen LogP) is 3.59. The van der Waals surface area contributed by atoms with E-state index >= 15 is 0 Å². The van der Waals surface area contributed by atoms with Gasteiger partial charge >= 0.3 is 0 Å². The summed E-state index contributed by atoms with van der Waals surface area (Å²) in [5.41, 5.74) is 7.69. The van der Waals surface area contributed by atoms with Crippen LogP contribution >= 0.6 is 0 Å². The quantitative estimate of drug-likeness (QED) is 0.377. The zero-order chi connectivity index (χ0) is 27.4. The standard InChI is InChI=1S/C26H29FN6O4S/c1-32(38(2,36)37)23-7-5-6-21(27)19(23)15-29-22-14-24(30-16-20(22)26(28)35)31-17-9-11-18(12-10-17)33-13-4-3-8-25(33)34/h5-7,9-12,14,16H,3-4,8,13,15H2,1-2H3,(H2,28,35)(H2,29,30,31). The average Bonchev–Trinajstić information content (AvgIpc) is 2.87. The van der Waals surface area contributed by atoms with Crippen LogP contribution in [0.15, 0.2) is 54.7 Å². The minimum absolute atomic E-state index is 0.0869. The molecule has 2 aromatic carbocycles. The van der Waals surface area contributed by atoms with Gasteiger partial charge in [0.05, 0.1) is 23.2 Å². The number of primary amides is 1. The molecule has 1 aliphatic rings. The van der Waals surface area contributed by atoms with Crippen molar-refractivity contribution in [3.05, 3.63) is 71.7 Å². The van der Waals surface area contributed by atoms with E-state index in [0.717, 1.165) is 29.1 Å². The van der Waals surface area contributed by atoms with Crippen LogP contribution in [0.3, 0.4) is 0 Å². The van der Waals surface area contributed by atoms with Crippen molar-refractivity contribution in [2.75, 3.05) is 39.7 Å². The van der Waals surface area contributed by atoms with Crippen LogP contribution in [0, 0.1) is 5.82 Å². The third-order valence-electron chi connectivity index (χ3n) is 6.33. The first kappa shape index (κ1) is 26.9. The topological polar surface area (TPSA) is 138 Å². The first-order valence-electron chi connectivity index (χ1n) is 12.0. The fraction of sp³-hybridized carbons (Fsp3) is 0.269. The molecule has 0 unspecified atom stereocenters. The number of rotatable bonds is 9. The van der Waals surface area contributed by atoms with Crippen LogP contribution in [0.4, 0.5) is 33.0 Å². The van der Waals surface area contributed by atoms with E-state index < -0.39 is 21.7 Å². The van der Waals surface area contributed by atoms with Crippen molar-refractivity contribution in [1.82, 2.24) is 4.98 Å². The second-order valence-electron chi connectivity index (χ2n) is 8.98. The molecular weight excluding hydrogens is 511 g/mol. The number of anilines is 5. The van der Waals surface area contributed by atoms with Crippen molar-refractivity contribution >= 4 is 50.4 Å². The summed E-state index contributed by atoms with van der Waals surface area (Å²) in [4.78, 5) is 30.2. The minimum atomic E-state index is -3.63. The summed E-state index contributed by atoms with van der Waals surface area (Å²) >= 11 is 0. The molecule has 0 spiro atoms. The van der Waals surface area contributed by atoms with Gasteiger partial charge in [0.25, 0.3) is 5.91 Å². The van der Waals surface area contributed by atoms with Gasteiger partial charge < -0.3 is 21.3 Å². The molecule has 0 saturated carbocycles. The van der Waals surface area contributed by atoms with Gasteiger partial charge in [0, 0.05) is 55.8 Å². The number of aromatic nitrogens is 1. The van der Waals surface area contributed by atoms with E-state index in [2.05, 4.69) is 15.6 Å². The van der Waals surface area contributed by atoms with Crippen molar-refractivity contribution in [2.45, 2.75) is 25.8 Å². The van der Waals surface area contributed by atoms with Gasteiger partial charge in [-0.05, 0) is 49.2 Å². The number of carbonyl (C=O) groups is 2. The Morgan fingerprint density at radius 2 is 1.92 bits per heavy atom. The molecule has 1 saturated heterocycles. The number of nitrogens with one attached hydrogen (secondary N) is 2. The van der Waals surface area contributed by atoms with Crippen LogP contribution in [0.1, 0.15) is 35.2 Å². The number of hydrogen-bond acceptors (Lipinski definition) is 7. The van der Waals surface area contributed by atoms with Gasteiger partial charge in [-0.25, -0.2) is 17.8 Å². The number of nitrogens with zero attached hydrogens (tertiary/aromatic N) is 3. The summed E-state index contributed by atoms with van der Waals surface area (Å²) in [7, 11) is -2.29. The van der Waals surface area contributed by atoms with Gasteiger partial charge in [-0.2, -0.15) is 0 Å². The fourth-order valence-corrected chi connectivity index (χ4v) is 4.73. The molecule has 0 aliphatic carbocycles. The van der Waals surface area contributed by atoms with Gasteiger partial charge in [0.2, 0.25) is 15.9 Å². The second-order valence-corrected chi connectivity index (χ2v) is 11.0. The Hall–Kier alpha value is -4.19. The molecule has 1 aromatic heterocycles. The van der Waals surface area contributed by atoms with Gasteiger partial charge in [-0.3, -0.25) is 13.9 Å². The van der Waals surface area contributed by atoms with Crippen molar-refractivity contribution in [1.29, 1.82) is 0 Å². The molecule has 0 atom stereocenters. The lowest BCUT2D eigenvalue weighted by Gasteiger charge is -2.26. The third kappa shape index (κ3) is 6.02. The number of amides is 2. The molecule has 3 aromatic rings. The summed E-state index contributed by atoms with van der Waals surface area (Å²) in [5.74, 6) is -0.839. The Bertz CT molecular complexity index is 1460. The van der Waals surface area contributed by atoms with E-state index in [4.69, 9.17) is 5.73 Å². The molecule has 2 amide bonds. The number of pyridine rings is 1. The highest BCUT2D eigenvalue weighted by molar-refractivity contribution is 7.92. The molecule has 2 heterocycles. The Morgan fingerprint density at radius 1 is 1.18 bits per heavy atom. The molecule has 1 fully saturated rings. The lowest BCUT2D eigenvalue weighted by atomic mass is 10.1. The highest BCUT2D eigenvalue weighted by Gasteiger charge is 2.21. The summed E-state index contributed by atoms with van der Waals surface area (Å²) in [5, 5.41) is 6.14. The van der Waals surface area contributed by atoms with E-state index in [1.807, 2.05) is 24.3 Å². The van der Waals surface area contributed by atoms with Crippen LogP contribution in [0.5, 0.6) is 0 Å². The Kier molecular flexibility index (Phi) is 7.81. The van der Waals surface area contributed by atoms with E-state index in [9.17, 15) is 22.4 Å².